The molecule has 0 spiro atoms. The van der Waals surface area contributed by atoms with Crippen LogP contribution in [-0.2, 0) is 0 Å². The molecule has 0 aliphatic heterocycles. The average molecular weight is 236 g/mol. The summed E-state index contributed by atoms with van der Waals surface area (Å²) in [5.41, 5.74) is 0.593. The maximum Gasteiger partial charge on any atom is 0.164 e. The van der Waals surface area contributed by atoms with Crippen molar-refractivity contribution in [3.8, 4) is 6.07 Å². The van der Waals surface area contributed by atoms with Crippen molar-refractivity contribution in [2.24, 2.45) is 5.92 Å². The predicted molar refractivity (Wildman–Crippen MR) is 70.8 cm³/mol. The molecular formula is C15H12N2O. The number of nitrogens with one attached hydrogen (secondary N) is 1. The van der Waals surface area contributed by atoms with Crippen LogP contribution < -0.4 is 0 Å². The zero-order valence-corrected chi connectivity index (χ0v) is 9.76. The van der Waals surface area contributed by atoms with Crippen LogP contribution in [0.4, 0.5) is 0 Å². The van der Waals surface area contributed by atoms with Gasteiger partial charge in [-0.05, 0) is 16.8 Å². The molecule has 0 saturated heterocycles. The van der Waals surface area contributed by atoms with Crippen molar-refractivity contribution in [1.82, 2.24) is 0 Å². The SMILES string of the molecule is N#CC(C=N)CC(=O)c1ccc2ccccc2c1. The van der Waals surface area contributed by atoms with Gasteiger partial charge in [0.2, 0.25) is 0 Å². The third kappa shape index (κ3) is 2.44. The van der Waals surface area contributed by atoms with E-state index in [1.165, 1.54) is 0 Å². The molecule has 0 bridgehead atoms. The van der Waals surface area contributed by atoms with Crippen LogP contribution in [0.15, 0.2) is 42.5 Å². The third-order valence-electron chi connectivity index (χ3n) is 2.84. The molecule has 0 fully saturated rings. The fraction of sp³-hybridized carbons (Fsp3) is 0.133. The lowest BCUT2D eigenvalue weighted by atomic mass is 9.98. The fourth-order valence-electron chi connectivity index (χ4n) is 1.82. The number of fused-ring (bicyclic) bond motifs is 1. The molecule has 0 amide bonds. The molecule has 2 rings (SSSR count). The molecule has 0 aliphatic rings. The van der Waals surface area contributed by atoms with Gasteiger partial charge < -0.3 is 5.41 Å². The van der Waals surface area contributed by atoms with Crippen molar-refractivity contribution in [2.75, 3.05) is 0 Å². The Labute approximate surface area is 105 Å². The number of ketones is 1. The topological polar surface area (TPSA) is 64.7 Å². The summed E-state index contributed by atoms with van der Waals surface area (Å²) in [6.07, 6.45) is 1.08. The molecule has 0 aromatic heterocycles. The van der Waals surface area contributed by atoms with E-state index in [2.05, 4.69) is 0 Å². The van der Waals surface area contributed by atoms with E-state index in [-0.39, 0.29) is 12.2 Å². The minimum Gasteiger partial charge on any atom is -0.312 e. The highest BCUT2D eigenvalue weighted by Crippen LogP contribution is 2.17. The van der Waals surface area contributed by atoms with Gasteiger partial charge in [-0.25, -0.2) is 0 Å². The molecule has 1 atom stereocenters. The predicted octanol–water partition coefficient (Wildman–Crippen LogP) is 3.20. The second kappa shape index (κ2) is 5.24. The summed E-state index contributed by atoms with van der Waals surface area (Å²) in [4.78, 5) is 12.0. The number of rotatable bonds is 4. The summed E-state index contributed by atoms with van der Waals surface area (Å²) in [6, 6.07) is 15.2. The number of nitriles is 1. The first-order valence-electron chi connectivity index (χ1n) is 5.67. The van der Waals surface area contributed by atoms with Crippen LogP contribution in [0.5, 0.6) is 0 Å². The lowest BCUT2D eigenvalue weighted by Gasteiger charge is -2.04. The summed E-state index contributed by atoms with van der Waals surface area (Å²) in [5.74, 6) is -0.736. The minimum absolute atomic E-state index is 0.0678. The van der Waals surface area contributed by atoms with Gasteiger partial charge in [0.15, 0.2) is 5.78 Å². The summed E-state index contributed by atoms with van der Waals surface area (Å²) in [7, 11) is 0. The van der Waals surface area contributed by atoms with Gasteiger partial charge >= 0.3 is 0 Å². The molecule has 0 aliphatic carbocycles. The normalized spacial score (nSPS) is 11.7. The number of hydrogen-bond acceptors (Lipinski definition) is 3. The van der Waals surface area contributed by atoms with E-state index in [4.69, 9.17) is 10.7 Å². The maximum absolute atomic E-state index is 12.0. The first-order valence-corrected chi connectivity index (χ1v) is 5.67. The van der Waals surface area contributed by atoms with Gasteiger partial charge in [-0.2, -0.15) is 5.26 Å². The first-order chi connectivity index (χ1) is 8.74. The Morgan fingerprint density at radius 2 is 2.00 bits per heavy atom. The summed E-state index contributed by atoms with van der Waals surface area (Å²) >= 11 is 0. The zero-order valence-electron chi connectivity index (χ0n) is 9.76. The highest BCUT2D eigenvalue weighted by Gasteiger charge is 2.12. The lowest BCUT2D eigenvalue weighted by molar-refractivity contribution is 0.0978. The van der Waals surface area contributed by atoms with Crippen molar-refractivity contribution >= 4 is 22.8 Å². The first kappa shape index (κ1) is 12.0. The Morgan fingerprint density at radius 3 is 2.67 bits per heavy atom. The molecule has 3 nitrogen and oxygen atoms in total. The van der Waals surface area contributed by atoms with E-state index in [9.17, 15) is 4.79 Å². The molecule has 0 saturated carbocycles. The second-order valence-corrected chi connectivity index (χ2v) is 4.09. The number of benzene rings is 2. The summed E-state index contributed by atoms with van der Waals surface area (Å²) < 4.78 is 0. The van der Waals surface area contributed by atoms with E-state index in [1.807, 2.05) is 42.5 Å². The zero-order chi connectivity index (χ0) is 13.0. The molecule has 0 radical (unpaired) electrons. The van der Waals surface area contributed by atoms with Gasteiger partial charge in [0, 0.05) is 18.2 Å². The van der Waals surface area contributed by atoms with Gasteiger partial charge in [-0.15, -0.1) is 0 Å². The largest absolute Gasteiger partial charge is 0.312 e. The van der Waals surface area contributed by atoms with E-state index < -0.39 is 5.92 Å². The van der Waals surface area contributed by atoms with E-state index in [0.29, 0.717) is 5.56 Å². The van der Waals surface area contributed by atoms with Crippen molar-refractivity contribution < 1.29 is 4.79 Å². The van der Waals surface area contributed by atoms with Crippen LogP contribution in [0.25, 0.3) is 10.8 Å². The van der Waals surface area contributed by atoms with Crippen LogP contribution in [-0.4, -0.2) is 12.0 Å². The quantitative estimate of drug-likeness (QED) is 0.654. The molecule has 2 aromatic carbocycles. The summed E-state index contributed by atoms with van der Waals surface area (Å²) in [5, 5.41) is 17.9. The fourth-order valence-corrected chi connectivity index (χ4v) is 1.82. The van der Waals surface area contributed by atoms with E-state index in [1.54, 1.807) is 6.07 Å². The number of hydrogen-bond donors (Lipinski definition) is 1. The van der Waals surface area contributed by atoms with Crippen molar-refractivity contribution in [2.45, 2.75) is 6.42 Å². The van der Waals surface area contributed by atoms with E-state index in [0.717, 1.165) is 17.0 Å². The lowest BCUT2D eigenvalue weighted by Crippen LogP contribution is -2.08. The van der Waals surface area contributed by atoms with E-state index >= 15 is 0 Å². The Kier molecular flexibility index (Phi) is 3.49. The number of nitrogens with zero attached hydrogens (tertiary/aromatic N) is 1. The molecule has 88 valence electrons. The van der Waals surface area contributed by atoms with Crippen molar-refractivity contribution in [3.05, 3.63) is 48.0 Å². The number of carbonyl (C=O) groups excluding carboxylic acids is 1. The van der Waals surface area contributed by atoms with Gasteiger partial charge in [0.25, 0.3) is 0 Å². The van der Waals surface area contributed by atoms with Gasteiger partial charge in [-0.1, -0.05) is 36.4 Å². The minimum atomic E-state index is -0.635. The second-order valence-electron chi connectivity index (χ2n) is 4.09. The van der Waals surface area contributed by atoms with Crippen LogP contribution in [0.1, 0.15) is 16.8 Å². The van der Waals surface area contributed by atoms with Crippen molar-refractivity contribution in [3.63, 3.8) is 0 Å². The molecule has 0 heterocycles. The van der Waals surface area contributed by atoms with Crippen LogP contribution >= 0.6 is 0 Å². The van der Waals surface area contributed by atoms with Crippen LogP contribution in [0, 0.1) is 22.7 Å². The molecule has 1 unspecified atom stereocenters. The summed E-state index contributed by atoms with van der Waals surface area (Å²) in [6.45, 7) is 0. The van der Waals surface area contributed by atoms with Crippen LogP contribution in [0.3, 0.4) is 0 Å². The Bertz CT molecular complexity index is 640. The van der Waals surface area contributed by atoms with Gasteiger partial charge in [0.1, 0.15) is 0 Å². The van der Waals surface area contributed by atoms with Gasteiger partial charge in [-0.3, -0.25) is 4.79 Å². The highest BCUT2D eigenvalue weighted by atomic mass is 16.1. The van der Waals surface area contributed by atoms with Crippen molar-refractivity contribution in [1.29, 1.82) is 10.7 Å². The highest BCUT2D eigenvalue weighted by molar-refractivity contribution is 6.01. The Morgan fingerprint density at radius 1 is 1.28 bits per heavy atom. The Balaban J connectivity index is 2.28. The third-order valence-corrected chi connectivity index (χ3v) is 2.84. The van der Waals surface area contributed by atoms with Crippen LogP contribution in [0.2, 0.25) is 0 Å². The standard InChI is InChI=1S/C15H12N2O/c16-9-11(10-17)7-15(18)14-6-5-12-3-1-2-4-13(12)8-14/h1-6,8-9,11,16H,7H2. The smallest absolute Gasteiger partial charge is 0.164 e. The average Bonchev–Trinajstić information content (AvgIpc) is 2.44. The number of Topliss-reactive ketones (excluding diaryl/α,β-unsaturated/α-hetero) is 1. The Hall–Kier alpha value is -2.47. The molecule has 18 heavy (non-hydrogen) atoms. The monoisotopic (exact) mass is 236 g/mol. The molecular weight excluding hydrogens is 224 g/mol. The molecule has 2 aromatic rings. The molecule has 3 heteroatoms. The molecule has 1 N–H and O–H groups in total. The maximum atomic E-state index is 12.0. The number of carbonyl (C=O) groups is 1. The van der Waals surface area contributed by atoms with Gasteiger partial charge in [0.05, 0.1) is 12.0 Å².